The third kappa shape index (κ3) is 1.59. The maximum Gasteiger partial charge on any atom is 0.261 e. The number of aliphatic hydroxyl groups is 1. The molecule has 1 aliphatic rings. The van der Waals surface area contributed by atoms with Gasteiger partial charge in [-0.25, -0.2) is 0 Å². The standard InChI is InChI=1S/C12H10N2O3/c1-7(10(15)6-13)14-11(16)8-4-2-3-5-9(8)12(14)17/h2-5,7,10,15H,1H3. The molecule has 0 radical (unpaired) electrons. The molecule has 2 rings (SSSR count). The molecule has 1 aromatic rings. The van der Waals surface area contributed by atoms with Crippen LogP contribution in [0.4, 0.5) is 0 Å². The Labute approximate surface area is 97.9 Å². The number of carbonyl (C=O) groups excluding carboxylic acids is 2. The fourth-order valence-corrected chi connectivity index (χ4v) is 1.83. The van der Waals surface area contributed by atoms with Gasteiger partial charge in [0.25, 0.3) is 11.8 Å². The molecule has 0 aromatic heterocycles. The maximum atomic E-state index is 12.0. The number of hydrogen-bond donors (Lipinski definition) is 1. The van der Waals surface area contributed by atoms with Crippen LogP contribution in [0.25, 0.3) is 0 Å². The Kier molecular flexibility index (Phi) is 2.66. The van der Waals surface area contributed by atoms with E-state index in [9.17, 15) is 14.7 Å². The molecule has 0 fully saturated rings. The van der Waals surface area contributed by atoms with Gasteiger partial charge in [-0.15, -0.1) is 0 Å². The van der Waals surface area contributed by atoms with Crippen molar-refractivity contribution >= 4 is 11.8 Å². The molecule has 86 valence electrons. The first kappa shape index (κ1) is 11.3. The van der Waals surface area contributed by atoms with E-state index in [-0.39, 0.29) is 0 Å². The van der Waals surface area contributed by atoms with Crippen LogP contribution in [-0.4, -0.2) is 34.0 Å². The van der Waals surface area contributed by atoms with Gasteiger partial charge >= 0.3 is 0 Å². The Morgan fingerprint density at radius 3 is 2.12 bits per heavy atom. The molecular weight excluding hydrogens is 220 g/mol. The fourth-order valence-electron chi connectivity index (χ4n) is 1.83. The van der Waals surface area contributed by atoms with Crippen molar-refractivity contribution in [3.05, 3.63) is 35.4 Å². The quantitative estimate of drug-likeness (QED) is 0.594. The van der Waals surface area contributed by atoms with Gasteiger partial charge in [-0.05, 0) is 19.1 Å². The van der Waals surface area contributed by atoms with Crippen LogP contribution in [0.2, 0.25) is 0 Å². The molecular formula is C12H10N2O3. The number of nitriles is 1. The lowest BCUT2D eigenvalue weighted by Crippen LogP contribution is -2.44. The summed E-state index contributed by atoms with van der Waals surface area (Å²) < 4.78 is 0. The van der Waals surface area contributed by atoms with E-state index in [4.69, 9.17) is 5.26 Å². The lowest BCUT2D eigenvalue weighted by atomic mass is 10.1. The van der Waals surface area contributed by atoms with Gasteiger partial charge in [-0.3, -0.25) is 14.5 Å². The minimum absolute atomic E-state index is 0.314. The van der Waals surface area contributed by atoms with E-state index < -0.39 is 24.0 Å². The van der Waals surface area contributed by atoms with Crippen molar-refractivity contribution in [3.63, 3.8) is 0 Å². The second-order valence-electron chi connectivity index (χ2n) is 3.84. The van der Waals surface area contributed by atoms with E-state index in [2.05, 4.69) is 0 Å². The van der Waals surface area contributed by atoms with Gasteiger partial charge in [0.05, 0.1) is 23.2 Å². The van der Waals surface area contributed by atoms with Crippen LogP contribution >= 0.6 is 0 Å². The van der Waals surface area contributed by atoms with Crippen LogP contribution in [0.3, 0.4) is 0 Å². The summed E-state index contributed by atoms with van der Waals surface area (Å²) in [6.45, 7) is 1.47. The van der Waals surface area contributed by atoms with Gasteiger partial charge in [0, 0.05) is 0 Å². The van der Waals surface area contributed by atoms with Crippen molar-refractivity contribution in [1.82, 2.24) is 4.90 Å². The molecule has 1 aromatic carbocycles. The third-order valence-corrected chi connectivity index (χ3v) is 2.82. The second-order valence-corrected chi connectivity index (χ2v) is 3.84. The average molecular weight is 230 g/mol. The number of hydrogen-bond acceptors (Lipinski definition) is 4. The number of fused-ring (bicyclic) bond motifs is 1. The number of imide groups is 1. The molecule has 0 aliphatic carbocycles. The topological polar surface area (TPSA) is 81.4 Å². The number of amides is 2. The molecule has 5 heteroatoms. The maximum absolute atomic E-state index is 12.0. The first-order valence-electron chi connectivity index (χ1n) is 5.12. The van der Waals surface area contributed by atoms with Crippen molar-refractivity contribution in [1.29, 1.82) is 5.26 Å². The summed E-state index contributed by atoms with van der Waals surface area (Å²) in [6, 6.07) is 7.21. The average Bonchev–Trinajstić information content (AvgIpc) is 2.61. The molecule has 0 bridgehead atoms. The molecule has 1 N–H and O–H groups in total. The molecule has 2 unspecified atom stereocenters. The molecule has 1 aliphatic heterocycles. The number of benzene rings is 1. The van der Waals surface area contributed by atoms with Crippen LogP contribution in [0, 0.1) is 11.3 Å². The largest absolute Gasteiger partial charge is 0.376 e. The molecule has 2 atom stereocenters. The molecule has 0 saturated carbocycles. The predicted octanol–water partition coefficient (Wildman–Crippen LogP) is 0.556. The monoisotopic (exact) mass is 230 g/mol. The highest BCUT2D eigenvalue weighted by Crippen LogP contribution is 2.25. The van der Waals surface area contributed by atoms with Gasteiger partial charge < -0.3 is 5.11 Å². The summed E-state index contributed by atoms with van der Waals surface area (Å²) in [6.07, 6.45) is -1.38. The Hall–Kier alpha value is -2.19. The van der Waals surface area contributed by atoms with Gasteiger partial charge in [-0.2, -0.15) is 5.26 Å². The summed E-state index contributed by atoms with van der Waals surface area (Å²) in [4.78, 5) is 24.8. The second kappa shape index (κ2) is 4.00. The van der Waals surface area contributed by atoms with Gasteiger partial charge in [-0.1, -0.05) is 12.1 Å². The smallest absolute Gasteiger partial charge is 0.261 e. The molecule has 1 heterocycles. The number of carbonyl (C=O) groups is 2. The minimum atomic E-state index is -1.38. The predicted molar refractivity (Wildman–Crippen MR) is 58.0 cm³/mol. The zero-order valence-electron chi connectivity index (χ0n) is 9.12. The van der Waals surface area contributed by atoms with E-state index in [0.29, 0.717) is 11.1 Å². The van der Waals surface area contributed by atoms with Crippen LogP contribution in [0.15, 0.2) is 24.3 Å². The number of rotatable bonds is 2. The van der Waals surface area contributed by atoms with Crippen molar-refractivity contribution < 1.29 is 14.7 Å². The highest BCUT2D eigenvalue weighted by Gasteiger charge is 2.40. The van der Waals surface area contributed by atoms with Crippen molar-refractivity contribution in [2.45, 2.75) is 19.1 Å². The van der Waals surface area contributed by atoms with Crippen molar-refractivity contribution in [3.8, 4) is 6.07 Å². The number of aliphatic hydroxyl groups excluding tert-OH is 1. The Balaban J connectivity index is 2.40. The summed E-state index contributed by atoms with van der Waals surface area (Å²) in [5, 5.41) is 18.0. The summed E-state index contributed by atoms with van der Waals surface area (Å²) >= 11 is 0. The van der Waals surface area contributed by atoms with Gasteiger partial charge in [0.15, 0.2) is 6.10 Å². The van der Waals surface area contributed by atoms with E-state index in [0.717, 1.165) is 4.90 Å². The van der Waals surface area contributed by atoms with Gasteiger partial charge in [0.1, 0.15) is 0 Å². The minimum Gasteiger partial charge on any atom is -0.376 e. The van der Waals surface area contributed by atoms with E-state index in [1.54, 1.807) is 30.3 Å². The van der Waals surface area contributed by atoms with E-state index in [1.165, 1.54) is 6.92 Å². The molecule has 0 spiro atoms. The van der Waals surface area contributed by atoms with Crippen LogP contribution < -0.4 is 0 Å². The van der Waals surface area contributed by atoms with E-state index >= 15 is 0 Å². The van der Waals surface area contributed by atoms with Crippen molar-refractivity contribution in [2.24, 2.45) is 0 Å². The highest BCUT2D eigenvalue weighted by atomic mass is 16.3. The first-order chi connectivity index (χ1) is 8.07. The zero-order chi connectivity index (χ0) is 12.6. The molecule has 2 amide bonds. The van der Waals surface area contributed by atoms with Crippen LogP contribution in [0.5, 0.6) is 0 Å². The van der Waals surface area contributed by atoms with E-state index in [1.807, 2.05) is 0 Å². The summed E-state index contributed by atoms with van der Waals surface area (Å²) in [5.74, 6) is -0.931. The highest BCUT2D eigenvalue weighted by molar-refractivity contribution is 6.21. The Morgan fingerprint density at radius 2 is 1.71 bits per heavy atom. The van der Waals surface area contributed by atoms with Crippen LogP contribution in [0.1, 0.15) is 27.6 Å². The summed E-state index contributed by atoms with van der Waals surface area (Å²) in [5.41, 5.74) is 0.629. The Bertz CT molecular complexity index is 498. The van der Waals surface area contributed by atoms with Crippen molar-refractivity contribution in [2.75, 3.05) is 0 Å². The fraction of sp³-hybridized carbons (Fsp3) is 0.250. The molecule has 17 heavy (non-hydrogen) atoms. The van der Waals surface area contributed by atoms with Gasteiger partial charge in [0.2, 0.25) is 0 Å². The SMILES string of the molecule is CC(C(O)C#N)N1C(=O)c2ccccc2C1=O. The normalized spacial score (nSPS) is 17.6. The Morgan fingerprint density at radius 1 is 1.24 bits per heavy atom. The molecule has 5 nitrogen and oxygen atoms in total. The number of nitrogens with zero attached hydrogens (tertiary/aromatic N) is 2. The molecule has 0 saturated heterocycles. The first-order valence-corrected chi connectivity index (χ1v) is 5.12. The zero-order valence-corrected chi connectivity index (χ0v) is 9.12. The lowest BCUT2D eigenvalue weighted by Gasteiger charge is -2.23. The third-order valence-electron chi connectivity index (χ3n) is 2.82. The van der Waals surface area contributed by atoms with Crippen LogP contribution in [-0.2, 0) is 0 Å². The summed E-state index contributed by atoms with van der Waals surface area (Å²) in [7, 11) is 0. The lowest BCUT2D eigenvalue weighted by molar-refractivity contribution is 0.0471.